The Morgan fingerprint density at radius 1 is 0.958 bits per heavy atom. The highest BCUT2D eigenvalue weighted by atomic mass is 35.5. The van der Waals surface area contributed by atoms with E-state index >= 15 is 0 Å². The van der Waals surface area contributed by atoms with Gasteiger partial charge in [0.15, 0.2) is 0 Å². The molecular weight excluding hydrogens is 664 g/mol. The third-order valence-electron chi connectivity index (χ3n) is 8.30. The smallest absolute Gasteiger partial charge is 0.416 e. The Morgan fingerprint density at radius 3 is 2.21 bits per heavy atom. The highest BCUT2D eigenvalue weighted by Crippen LogP contribution is 2.46. The zero-order chi connectivity index (χ0) is 34.0. The number of amidine groups is 1. The number of anilines is 1. The van der Waals surface area contributed by atoms with Crippen LogP contribution in [0, 0.1) is 11.3 Å². The van der Waals surface area contributed by atoms with Gasteiger partial charge in [-0.25, -0.2) is 9.78 Å². The summed E-state index contributed by atoms with van der Waals surface area (Å²) >= 11 is 12.5. The molecule has 3 aromatic carbocycles. The van der Waals surface area contributed by atoms with E-state index in [4.69, 9.17) is 32.9 Å². The fourth-order valence-corrected chi connectivity index (χ4v) is 6.26. The number of piperazine rings is 1. The lowest BCUT2D eigenvalue weighted by Crippen LogP contribution is -2.54. The highest BCUT2D eigenvalue weighted by molar-refractivity contribution is 6.30. The summed E-state index contributed by atoms with van der Waals surface area (Å²) in [5, 5.41) is 10.6. The van der Waals surface area contributed by atoms with Crippen LogP contribution in [0.25, 0.3) is 0 Å². The van der Waals surface area contributed by atoms with E-state index in [1.165, 1.54) is 6.07 Å². The summed E-state index contributed by atoms with van der Waals surface area (Å²) in [6, 6.07) is 21.2. The third-order valence-corrected chi connectivity index (χ3v) is 8.81. The van der Waals surface area contributed by atoms with Crippen molar-refractivity contribution in [3.8, 4) is 11.8 Å². The molecule has 0 aliphatic carbocycles. The predicted octanol–water partition coefficient (Wildman–Crippen LogP) is 8.16. The van der Waals surface area contributed by atoms with Gasteiger partial charge in [0, 0.05) is 42.4 Å². The number of urea groups is 1. The molecule has 246 valence electrons. The predicted molar refractivity (Wildman–Crippen MR) is 178 cm³/mol. The molecule has 6 rings (SSSR count). The number of nitriles is 1. The zero-order valence-corrected chi connectivity index (χ0v) is 27.2. The van der Waals surface area contributed by atoms with E-state index in [9.17, 15) is 23.2 Å². The Kier molecular flexibility index (Phi) is 9.49. The van der Waals surface area contributed by atoms with Crippen molar-refractivity contribution in [1.82, 2.24) is 14.8 Å². The first-order valence-electron chi connectivity index (χ1n) is 15.2. The molecule has 0 saturated carbocycles. The maximum atomic E-state index is 14.7. The van der Waals surface area contributed by atoms with Crippen molar-refractivity contribution < 1.29 is 22.7 Å². The van der Waals surface area contributed by atoms with Crippen molar-refractivity contribution in [3.05, 3.63) is 123 Å². The topological polar surface area (TPSA) is 85.1 Å². The second-order valence-electron chi connectivity index (χ2n) is 11.2. The van der Waals surface area contributed by atoms with Crippen LogP contribution in [0.5, 0.6) is 5.75 Å². The molecule has 3 heterocycles. The number of rotatable bonds is 6. The minimum atomic E-state index is -4.60. The molecule has 0 N–H and O–H groups in total. The van der Waals surface area contributed by atoms with Crippen LogP contribution in [0.1, 0.15) is 46.8 Å². The van der Waals surface area contributed by atoms with E-state index in [1.807, 2.05) is 29.2 Å². The Bertz CT molecular complexity index is 1870. The van der Waals surface area contributed by atoms with E-state index in [0.717, 1.165) is 23.3 Å². The SMILES string of the molecule is CCOc1cc(C(F)(F)F)ccc1C1=NC(c2ccc(Cl)cc2)C(c2ccc(Cl)cc2)N1C(=O)N1CCN(c2ncccc2C#N)CC1. The summed E-state index contributed by atoms with van der Waals surface area (Å²) in [5.41, 5.74) is 1.28. The van der Waals surface area contributed by atoms with Crippen LogP contribution < -0.4 is 9.64 Å². The van der Waals surface area contributed by atoms with Gasteiger partial charge in [0.1, 0.15) is 29.5 Å². The molecule has 48 heavy (non-hydrogen) atoms. The average Bonchev–Trinajstić information content (AvgIpc) is 3.48. The first-order chi connectivity index (χ1) is 23.1. The van der Waals surface area contributed by atoms with Gasteiger partial charge in [-0.3, -0.25) is 9.89 Å². The number of hydrogen-bond acceptors (Lipinski definition) is 6. The quantitative estimate of drug-likeness (QED) is 0.204. The lowest BCUT2D eigenvalue weighted by atomic mass is 9.93. The molecule has 2 atom stereocenters. The van der Waals surface area contributed by atoms with E-state index in [2.05, 4.69) is 11.1 Å². The van der Waals surface area contributed by atoms with Crippen molar-refractivity contribution in [2.24, 2.45) is 4.99 Å². The van der Waals surface area contributed by atoms with Gasteiger partial charge in [-0.05, 0) is 72.6 Å². The molecule has 1 aromatic heterocycles. The van der Waals surface area contributed by atoms with Crippen LogP contribution in [0.15, 0.2) is 90.1 Å². The van der Waals surface area contributed by atoms with Crippen molar-refractivity contribution in [2.75, 3.05) is 37.7 Å². The van der Waals surface area contributed by atoms with E-state index in [0.29, 0.717) is 47.6 Å². The summed E-state index contributed by atoms with van der Waals surface area (Å²) in [7, 11) is 0. The van der Waals surface area contributed by atoms with Crippen LogP contribution >= 0.6 is 23.2 Å². The van der Waals surface area contributed by atoms with Crippen molar-refractivity contribution in [1.29, 1.82) is 5.26 Å². The highest BCUT2D eigenvalue weighted by Gasteiger charge is 2.45. The van der Waals surface area contributed by atoms with Gasteiger partial charge in [0.2, 0.25) is 0 Å². The van der Waals surface area contributed by atoms with Crippen LogP contribution in [0.4, 0.5) is 23.8 Å². The second-order valence-corrected chi connectivity index (χ2v) is 12.1. The zero-order valence-electron chi connectivity index (χ0n) is 25.7. The van der Waals surface area contributed by atoms with E-state index < -0.39 is 23.8 Å². The fraction of sp³-hybridized carbons (Fsp3) is 0.257. The molecule has 1 saturated heterocycles. The van der Waals surface area contributed by atoms with Crippen LogP contribution in [0.2, 0.25) is 10.0 Å². The lowest BCUT2D eigenvalue weighted by Gasteiger charge is -2.39. The van der Waals surface area contributed by atoms with Gasteiger partial charge >= 0.3 is 12.2 Å². The number of hydrogen-bond donors (Lipinski definition) is 0. The summed E-state index contributed by atoms with van der Waals surface area (Å²) in [6.07, 6.45) is -2.98. The molecule has 0 spiro atoms. The number of carbonyl (C=O) groups is 1. The normalized spacial score (nSPS) is 18.0. The second kappa shape index (κ2) is 13.7. The minimum Gasteiger partial charge on any atom is -0.493 e. The Hall–Kier alpha value is -4.79. The lowest BCUT2D eigenvalue weighted by molar-refractivity contribution is -0.137. The van der Waals surface area contributed by atoms with Crippen LogP contribution in [0.3, 0.4) is 0 Å². The summed E-state index contributed by atoms with van der Waals surface area (Å²) < 4.78 is 47.1. The van der Waals surface area contributed by atoms with Gasteiger partial charge in [0.25, 0.3) is 0 Å². The molecule has 8 nitrogen and oxygen atoms in total. The average molecular weight is 694 g/mol. The fourth-order valence-electron chi connectivity index (χ4n) is 6.01. The molecule has 2 aliphatic heterocycles. The van der Waals surface area contributed by atoms with Crippen LogP contribution in [-0.2, 0) is 6.18 Å². The number of nitrogens with zero attached hydrogens (tertiary/aromatic N) is 6. The van der Waals surface area contributed by atoms with Crippen molar-refractivity contribution in [2.45, 2.75) is 25.2 Å². The monoisotopic (exact) mass is 692 g/mol. The molecule has 2 aliphatic rings. The Balaban J connectivity index is 1.45. The van der Waals surface area contributed by atoms with Crippen molar-refractivity contribution in [3.63, 3.8) is 0 Å². The molecular formula is C35H29Cl2F3N6O2. The number of amides is 2. The standard InChI is InChI=1S/C35H29Cl2F3N6O2/c1-2-48-29-20-25(35(38,39)40)9-14-28(29)33-43-30(22-5-10-26(36)11-6-22)31(23-7-12-27(37)13-8-23)46(33)34(47)45-18-16-44(17-19-45)32-24(21-41)4-3-15-42-32/h3-15,20,30-31H,2,16-19H2,1H3. The maximum Gasteiger partial charge on any atom is 0.416 e. The number of halogens is 5. The first kappa shape index (κ1) is 33.1. The summed E-state index contributed by atoms with van der Waals surface area (Å²) in [6.45, 7) is 3.19. The molecule has 0 bridgehead atoms. The number of aliphatic imine (C=N–C) groups is 1. The van der Waals surface area contributed by atoms with Gasteiger partial charge in [-0.2, -0.15) is 18.4 Å². The number of benzene rings is 3. The third kappa shape index (κ3) is 6.64. The van der Waals surface area contributed by atoms with Gasteiger partial charge in [0.05, 0.1) is 29.3 Å². The Labute approximate surface area is 285 Å². The number of alkyl halides is 3. The molecule has 0 radical (unpaired) electrons. The minimum absolute atomic E-state index is 0.0421. The molecule has 2 unspecified atom stereocenters. The summed E-state index contributed by atoms with van der Waals surface area (Å²) in [5.74, 6) is 0.680. The largest absolute Gasteiger partial charge is 0.493 e. The van der Waals surface area contributed by atoms with E-state index in [1.54, 1.807) is 59.3 Å². The maximum absolute atomic E-state index is 14.7. The Morgan fingerprint density at radius 2 is 1.60 bits per heavy atom. The molecule has 13 heteroatoms. The molecule has 4 aromatic rings. The number of carbonyl (C=O) groups excluding carboxylic acids is 1. The van der Waals surface area contributed by atoms with E-state index in [-0.39, 0.29) is 29.8 Å². The molecule has 2 amide bonds. The molecule has 1 fully saturated rings. The van der Waals surface area contributed by atoms with Gasteiger partial charge in [-0.1, -0.05) is 47.5 Å². The number of pyridine rings is 1. The van der Waals surface area contributed by atoms with Gasteiger partial charge < -0.3 is 14.5 Å². The number of ether oxygens (including phenoxy) is 1. The van der Waals surface area contributed by atoms with Gasteiger partial charge in [-0.15, -0.1) is 0 Å². The van der Waals surface area contributed by atoms with Crippen molar-refractivity contribution >= 4 is 40.9 Å². The first-order valence-corrected chi connectivity index (χ1v) is 16.0. The summed E-state index contributed by atoms with van der Waals surface area (Å²) in [4.78, 5) is 29.4. The van der Waals surface area contributed by atoms with Crippen LogP contribution in [-0.4, -0.2) is 59.4 Å². The number of aromatic nitrogens is 1.